The summed E-state index contributed by atoms with van der Waals surface area (Å²) in [4.78, 5) is 35.1. The number of anilines is 1. The van der Waals surface area contributed by atoms with Gasteiger partial charge in [0.25, 0.3) is 5.91 Å². The van der Waals surface area contributed by atoms with E-state index in [4.69, 9.17) is 9.47 Å². The Morgan fingerprint density at radius 2 is 1.48 bits per heavy atom. The molecule has 0 heterocycles. The highest BCUT2D eigenvalue weighted by Gasteiger charge is 2.19. The highest BCUT2D eigenvalue weighted by molar-refractivity contribution is 5.97. The zero-order valence-electron chi connectivity index (χ0n) is 15.7. The number of rotatable bonds is 7. The van der Waals surface area contributed by atoms with Crippen LogP contribution in [0.15, 0.2) is 78.9 Å². The number of hydrogen-bond donors (Lipinski definition) is 1. The lowest BCUT2D eigenvalue weighted by Gasteiger charge is -2.14. The summed E-state index contributed by atoms with van der Waals surface area (Å²) in [7, 11) is 0. The zero-order chi connectivity index (χ0) is 20.6. The first-order valence-electron chi connectivity index (χ1n) is 8.95. The third-order valence-corrected chi connectivity index (χ3v) is 4.04. The maximum atomic E-state index is 12.3. The van der Waals surface area contributed by atoms with Crippen molar-refractivity contribution in [3.63, 3.8) is 0 Å². The lowest BCUT2D eigenvalue weighted by Crippen LogP contribution is -2.30. The highest BCUT2D eigenvalue weighted by atomic mass is 16.5. The van der Waals surface area contributed by atoms with Crippen molar-refractivity contribution in [2.75, 3.05) is 5.32 Å². The Morgan fingerprint density at radius 1 is 0.862 bits per heavy atom. The van der Waals surface area contributed by atoms with Crippen LogP contribution in [0.4, 0.5) is 5.69 Å². The van der Waals surface area contributed by atoms with Crippen LogP contribution < -0.4 is 10.1 Å². The van der Waals surface area contributed by atoms with Crippen LogP contribution in [-0.2, 0) is 9.53 Å². The van der Waals surface area contributed by atoms with Gasteiger partial charge in [0.1, 0.15) is 17.8 Å². The molecule has 0 fully saturated rings. The molecule has 3 aromatic carbocycles. The number of aldehydes is 1. The predicted octanol–water partition coefficient (Wildman–Crippen LogP) is 4.48. The van der Waals surface area contributed by atoms with Crippen LogP contribution in [0.1, 0.15) is 27.6 Å². The Bertz CT molecular complexity index is 982. The van der Waals surface area contributed by atoms with E-state index >= 15 is 0 Å². The smallest absolute Gasteiger partial charge is 0.338 e. The summed E-state index contributed by atoms with van der Waals surface area (Å²) in [6, 6.07) is 22.2. The van der Waals surface area contributed by atoms with Gasteiger partial charge in [-0.15, -0.1) is 0 Å². The number of ether oxygens (including phenoxy) is 2. The van der Waals surface area contributed by atoms with E-state index in [1.54, 1.807) is 24.3 Å². The van der Waals surface area contributed by atoms with E-state index < -0.39 is 18.0 Å². The van der Waals surface area contributed by atoms with Crippen LogP contribution in [0.25, 0.3) is 0 Å². The van der Waals surface area contributed by atoms with Crippen LogP contribution in [0.5, 0.6) is 11.5 Å². The molecular formula is C23H19NO5. The molecule has 29 heavy (non-hydrogen) atoms. The van der Waals surface area contributed by atoms with Gasteiger partial charge in [-0.2, -0.15) is 0 Å². The van der Waals surface area contributed by atoms with E-state index in [1.165, 1.54) is 31.2 Å². The number of para-hydroxylation sites is 1. The van der Waals surface area contributed by atoms with Gasteiger partial charge in [0, 0.05) is 11.3 Å². The molecule has 1 atom stereocenters. The fraction of sp³-hybridized carbons (Fsp3) is 0.0870. The summed E-state index contributed by atoms with van der Waals surface area (Å²) < 4.78 is 10.9. The van der Waals surface area contributed by atoms with Crippen LogP contribution in [0.2, 0.25) is 0 Å². The highest BCUT2D eigenvalue weighted by Crippen LogP contribution is 2.22. The monoisotopic (exact) mass is 389 g/mol. The molecule has 0 radical (unpaired) electrons. The topological polar surface area (TPSA) is 81.7 Å². The third kappa shape index (κ3) is 5.52. The Kier molecular flexibility index (Phi) is 6.37. The third-order valence-electron chi connectivity index (χ3n) is 4.04. The molecule has 0 aliphatic heterocycles. The van der Waals surface area contributed by atoms with Gasteiger partial charge in [-0.3, -0.25) is 9.59 Å². The van der Waals surface area contributed by atoms with Gasteiger partial charge in [-0.1, -0.05) is 30.3 Å². The number of hydrogen-bond acceptors (Lipinski definition) is 5. The predicted molar refractivity (Wildman–Crippen MR) is 108 cm³/mol. The Balaban J connectivity index is 1.54. The Hall–Kier alpha value is -3.93. The Morgan fingerprint density at radius 3 is 2.10 bits per heavy atom. The number of carbonyl (C=O) groups is 3. The molecule has 1 amide bonds. The van der Waals surface area contributed by atoms with Gasteiger partial charge in [-0.25, -0.2) is 4.79 Å². The van der Waals surface area contributed by atoms with Crippen molar-refractivity contribution in [3.05, 3.63) is 90.0 Å². The molecule has 1 N–H and O–H groups in total. The molecule has 3 aromatic rings. The summed E-state index contributed by atoms with van der Waals surface area (Å²) >= 11 is 0. The van der Waals surface area contributed by atoms with Crippen molar-refractivity contribution in [1.82, 2.24) is 0 Å². The number of esters is 1. The first kappa shape index (κ1) is 19.8. The van der Waals surface area contributed by atoms with Crippen molar-refractivity contribution in [2.24, 2.45) is 0 Å². The first-order valence-corrected chi connectivity index (χ1v) is 8.95. The fourth-order valence-electron chi connectivity index (χ4n) is 2.45. The second-order valence-electron chi connectivity index (χ2n) is 6.22. The van der Waals surface area contributed by atoms with Gasteiger partial charge in [0.2, 0.25) is 0 Å². The molecule has 0 saturated heterocycles. The largest absolute Gasteiger partial charge is 0.457 e. The van der Waals surface area contributed by atoms with Crippen molar-refractivity contribution in [1.29, 1.82) is 0 Å². The van der Waals surface area contributed by atoms with Crippen LogP contribution in [-0.4, -0.2) is 24.3 Å². The van der Waals surface area contributed by atoms with Crippen molar-refractivity contribution >= 4 is 23.9 Å². The van der Waals surface area contributed by atoms with Crippen molar-refractivity contribution < 1.29 is 23.9 Å². The molecule has 0 spiro atoms. The van der Waals surface area contributed by atoms with E-state index in [-0.39, 0.29) is 5.56 Å². The zero-order valence-corrected chi connectivity index (χ0v) is 15.7. The normalized spacial score (nSPS) is 11.2. The minimum absolute atomic E-state index is 0.262. The SMILES string of the molecule is C[C@@H](OC(=O)c1ccc(C=O)cc1)C(=O)Nc1ccc(Oc2ccccc2)cc1. The second-order valence-corrected chi connectivity index (χ2v) is 6.22. The number of nitrogens with one attached hydrogen (secondary N) is 1. The van der Waals surface area contributed by atoms with Gasteiger partial charge in [-0.05, 0) is 55.5 Å². The number of carbonyl (C=O) groups excluding carboxylic acids is 3. The summed E-state index contributed by atoms with van der Waals surface area (Å²) in [5.41, 5.74) is 1.26. The molecule has 6 heteroatoms. The first-order chi connectivity index (χ1) is 14.0. The summed E-state index contributed by atoms with van der Waals surface area (Å²) in [6.07, 6.45) is -0.310. The minimum Gasteiger partial charge on any atom is -0.457 e. The minimum atomic E-state index is -0.992. The maximum Gasteiger partial charge on any atom is 0.338 e. The maximum absolute atomic E-state index is 12.3. The van der Waals surface area contributed by atoms with Crippen LogP contribution >= 0.6 is 0 Å². The molecule has 146 valence electrons. The Labute approximate surface area is 168 Å². The molecular weight excluding hydrogens is 370 g/mol. The average Bonchev–Trinajstić information content (AvgIpc) is 2.75. The molecule has 3 rings (SSSR count). The molecule has 6 nitrogen and oxygen atoms in total. The van der Waals surface area contributed by atoms with E-state index in [2.05, 4.69) is 5.32 Å². The standard InChI is InChI=1S/C23H19NO5/c1-16(28-23(27)18-9-7-17(15-25)8-10-18)22(26)24-19-11-13-21(14-12-19)29-20-5-3-2-4-6-20/h2-16H,1H3,(H,24,26)/t16-/m1/s1. The molecule has 0 aliphatic carbocycles. The summed E-state index contributed by atoms with van der Waals surface area (Å²) in [6.45, 7) is 1.49. The van der Waals surface area contributed by atoms with Gasteiger partial charge in [0.05, 0.1) is 5.56 Å². The molecule has 0 saturated carbocycles. The van der Waals surface area contributed by atoms with Crippen LogP contribution in [0.3, 0.4) is 0 Å². The van der Waals surface area contributed by atoms with Gasteiger partial charge >= 0.3 is 5.97 Å². The van der Waals surface area contributed by atoms with Crippen molar-refractivity contribution in [2.45, 2.75) is 13.0 Å². The van der Waals surface area contributed by atoms with Gasteiger partial charge in [0.15, 0.2) is 6.10 Å². The average molecular weight is 389 g/mol. The van der Waals surface area contributed by atoms with Crippen LogP contribution in [0, 0.1) is 0 Å². The van der Waals surface area contributed by atoms with E-state index in [0.717, 1.165) is 0 Å². The van der Waals surface area contributed by atoms with E-state index in [1.807, 2.05) is 30.3 Å². The molecule has 0 bridgehead atoms. The molecule has 0 aromatic heterocycles. The van der Waals surface area contributed by atoms with Gasteiger partial charge < -0.3 is 14.8 Å². The fourth-order valence-corrected chi connectivity index (χ4v) is 2.45. The summed E-state index contributed by atoms with van der Waals surface area (Å²) in [5.74, 6) is 0.245. The van der Waals surface area contributed by atoms with Crippen molar-refractivity contribution in [3.8, 4) is 11.5 Å². The molecule has 0 unspecified atom stereocenters. The van der Waals surface area contributed by atoms with E-state index in [0.29, 0.717) is 29.0 Å². The second kappa shape index (κ2) is 9.32. The lowest BCUT2D eigenvalue weighted by atomic mass is 10.1. The number of amides is 1. The van der Waals surface area contributed by atoms with E-state index in [9.17, 15) is 14.4 Å². The number of benzene rings is 3. The quantitative estimate of drug-likeness (QED) is 0.476. The lowest BCUT2D eigenvalue weighted by molar-refractivity contribution is -0.123. The molecule has 0 aliphatic rings. The summed E-state index contributed by atoms with van der Waals surface area (Å²) in [5, 5.41) is 2.69.